The largest absolute Gasteiger partial charge is 0.358 e. The lowest BCUT2D eigenvalue weighted by Crippen LogP contribution is -1.88. The SMILES string of the molecule is CC(C)c1ccc2cc(C(C)C)[nH]c2c1.CC(C)c1ccc2nc(C(C)C)[nH]c2c1. The molecule has 0 saturated heterocycles. The molecule has 160 valence electrons. The van der Waals surface area contributed by atoms with Gasteiger partial charge in [0.1, 0.15) is 5.82 Å². The molecule has 0 aliphatic heterocycles. The van der Waals surface area contributed by atoms with E-state index in [4.69, 9.17) is 0 Å². The maximum atomic E-state index is 4.56. The fraction of sp³-hybridized carbons (Fsp3) is 0.444. The number of aromatic amines is 2. The first-order valence-corrected chi connectivity index (χ1v) is 11.3. The highest BCUT2D eigenvalue weighted by atomic mass is 14.9. The third kappa shape index (κ3) is 4.95. The Bertz CT molecular complexity index is 1010. The van der Waals surface area contributed by atoms with Crippen molar-refractivity contribution in [1.29, 1.82) is 0 Å². The van der Waals surface area contributed by atoms with Crippen molar-refractivity contribution >= 4 is 21.9 Å². The van der Waals surface area contributed by atoms with Crippen LogP contribution in [0.5, 0.6) is 0 Å². The van der Waals surface area contributed by atoms with Crippen molar-refractivity contribution < 1.29 is 0 Å². The predicted molar refractivity (Wildman–Crippen MR) is 131 cm³/mol. The molecule has 2 aromatic carbocycles. The molecule has 4 rings (SSSR count). The first-order chi connectivity index (χ1) is 14.2. The van der Waals surface area contributed by atoms with Gasteiger partial charge in [-0.1, -0.05) is 73.6 Å². The van der Waals surface area contributed by atoms with Crippen LogP contribution in [0.4, 0.5) is 0 Å². The van der Waals surface area contributed by atoms with Crippen molar-refractivity contribution in [3.05, 3.63) is 65.1 Å². The number of rotatable bonds is 4. The lowest BCUT2D eigenvalue weighted by atomic mass is 10.0. The highest BCUT2D eigenvalue weighted by Crippen LogP contribution is 2.25. The molecule has 2 heterocycles. The van der Waals surface area contributed by atoms with Crippen LogP contribution >= 0.6 is 0 Å². The van der Waals surface area contributed by atoms with E-state index in [1.165, 1.54) is 27.7 Å². The van der Waals surface area contributed by atoms with Crippen molar-refractivity contribution in [1.82, 2.24) is 15.0 Å². The van der Waals surface area contributed by atoms with Gasteiger partial charge in [-0.05, 0) is 58.5 Å². The summed E-state index contributed by atoms with van der Waals surface area (Å²) < 4.78 is 0. The number of H-pyrrole nitrogens is 2. The normalized spacial score (nSPS) is 11.9. The van der Waals surface area contributed by atoms with E-state index in [1.807, 2.05) is 0 Å². The summed E-state index contributed by atoms with van der Waals surface area (Å²) in [4.78, 5) is 11.4. The topological polar surface area (TPSA) is 44.5 Å². The molecule has 0 fully saturated rings. The van der Waals surface area contributed by atoms with E-state index in [9.17, 15) is 0 Å². The molecule has 0 aliphatic carbocycles. The van der Waals surface area contributed by atoms with Gasteiger partial charge >= 0.3 is 0 Å². The third-order valence-electron chi connectivity index (χ3n) is 5.69. The van der Waals surface area contributed by atoms with Gasteiger partial charge in [0.15, 0.2) is 0 Å². The van der Waals surface area contributed by atoms with Crippen LogP contribution in [0.15, 0.2) is 42.5 Å². The molecular formula is C27H37N3. The van der Waals surface area contributed by atoms with Gasteiger partial charge in [0.05, 0.1) is 11.0 Å². The van der Waals surface area contributed by atoms with E-state index >= 15 is 0 Å². The van der Waals surface area contributed by atoms with Gasteiger partial charge < -0.3 is 9.97 Å². The van der Waals surface area contributed by atoms with Gasteiger partial charge in [-0.15, -0.1) is 0 Å². The number of benzene rings is 2. The number of nitrogens with zero attached hydrogens (tertiary/aromatic N) is 1. The fourth-order valence-electron chi connectivity index (χ4n) is 3.52. The van der Waals surface area contributed by atoms with Crippen molar-refractivity contribution in [3.63, 3.8) is 0 Å². The molecule has 0 atom stereocenters. The first kappa shape index (κ1) is 22.1. The number of imidazole rings is 1. The van der Waals surface area contributed by atoms with Crippen LogP contribution in [0.3, 0.4) is 0 Å². The Hall–Kier alpha value is -2.55. The summed E-state index contributed by atoms with van der Waals surface area (Å²) in [6.07, 6.45) is 0. The zero-order chi connectivity index (χ0) is 22.0. The van der Waals surface area contributed by atoms with Crippen LogP contribution in [0.25, 0.3) is 21.9 Å². The molecule has 0 aliphatic rings. The standard InChI is InChI=1S/C14H19N.C13H18N2/c1-9(2)11-5-6-12-8-13(10(3)4)15-14(12)7-11;1-8(2)10-5-6-11-12(7-10)15-13(14-11)9(3)4/h5-10,15H,1-4H3;5-9H,1-4H3,(H,14,15). The number of aromatic nitrogens is 3. The van der Waals surface area contributed by atoms with Gasteiger partial charge in [-0.2, -0.15) is 0 Å². The van der Waals surface area contributed by atoms with E-state index in [0.29, 0.717) is 23.7 Å². The van der Waals surface area contributed by atoms with Crippen LogP contribution in [0.2, 0.25) is 0 Å². The van der Waals surface area contributed by atoms with Crippen LogP contribution < -0.4 is 0 Å². The van der Waals surface area contributed by atoms with E-state index in [1.54, 1.807) is 0 Å². The van der Waals surface area contributed by atoms with E-state index < -0.39 is 0 Å². The highest BCUT2D eigenvalue weighted by Gasteiger charge is 2.08. The van der Waals surface area contributed by atoms with E-state index in [0.717, 1.165) is 16.9 Å². The average molecular weight is 404 g/mol. The van der Waals surface area contributed by atoms with Gasteiger partial charge in [-0.3, -0.25) is 0 Å². The van der Waals surface area contributed by atoms with Crippen molar-refractivity contribution in [2.24, 2.45) is 0 Å². The van der Waals surface area contributed by atoms with Crippen LogP contribution in [0, 0.1) is 0 Å². The zero-order valence-electron chi connectivity index (χ0n) is 19.8. The Morgan fingerprint density at radius 2 is 1.20 bits per heavy atom. The summed E-state index contributed by atoms with van der Waals surface area (Å²) in [6, 6.07) is 15.4. The molecule has 0 radical (unpaired) electrons. The summed E-state index contributed by atoms with van der Waals surface area (Å²) >= 11 is 0. The molecular weight excluding hydrogens is 366 g/mol. The molecule has 0 saturated carbocycles. The Morgan fingerprint density at radius 3 is 1.77 bits per heavy atom. The number of hydrogen-bond acceptors (Lipinski definition) is 1. The van der Waals surface area contributed by atoms with Gasteiger partial charge in [0.25, 0.3) is 0 Å². The predicted octanol–water partition coefficient (Wildman–Crippen LogP) is 8.22. The molecule has 30 heavy (non-hydrogen) atoms. The smallest absolute Gasteiger partial charge is 0.109 e. The van der Waals surface area contributed by atoms with Crippen molar-refractivity contribution in [2.45, 2.75) is 79.1 Å². The summed E-state index contributed by atoms with van der Waals surface area (Å²) in [6.45, 7) is 17.6. The van der Waals surface area contributed by atoms with Crippen LogP contribution in [-0.4, -0.2) is 15.0 Å². The van der Waals surface area contributed by atoms with Gasteiger partial charge in [0.2, 0.25) is 0 Å². The summed E-state index contributed by atoms with van der Waals surface area (Å²) in [5, 5.41) is 1.32. The first-order valence-electron chi connectivity index (χ1n) is 11.3. The van der Waals surface area contributed by atoms with E-state index in [-0.39, 0.29) is 0 Å². The number of fused-ring (bicyclic) bond motifs is 2. The summed E-state index contributed by atoms with van der Waals surface area (Å²) in [5.41, 5.74) is 7.59. The molecule has 4 aromatic rings. The third-order valence-corrected chi connectivity index (χ3v) is 5.69. The summed E-state index contributed by atoms with van der Waals surface area (Å²) in [7, 11) is 0. The molecule has 2 N–H and O–H groups in total. The minimum Gasteiger partial charge on any atom is -0.358 e. The number of hydrogen-bond donors (Lipinski definition) is 2. The summed E-state index contributed by atoms with van der Waals surface area (Å²) in [5.74, 6) is 3.27. The maximum Gasteiger partial charge on any atom is 0.109 e. The van der Waals surface area contributed by atoms with E-state index in [2.05, 4.69) is 113 Å². The number of nitrogens with one attached hydrogen (secondary N) is 2. The second kappa shape index (κ2) is 9.07. The fourth-order valence-corrected chi connectivity index (χ4v) is 3.52. The molecule has 3 nitrogen and oxygen atoms in total. The molecule has 0 bridgehead atoms. The second-order valence-electron chi connectivity index (χ2n) is 9.59. The molecule has 3 heteroatoms. The second-order valence-corrected chi connectivity index (χ2v) is 9.59. The maximum absolute atomic E-state index is 4.56. The Morgan fingerprint density at radius 1 is 0.600 bits per heavy atom. The monoisotopic (exact) mass is 403 g/mol. The Balaban J connectivity index is 0.000000171. The van der Waals surface area contributed by atoms with Crippen molar-refractivity contribution in [2.75, 3.05) is 0 Å². The van der Waals surface area contributed by atoms with Crippen LogP contribution in [-0.2, 0) is 0 Å². The highest BCUT2D eigenvalue weighted by molar-refractivity contribution is 5.81. The van der Waals surface area contributed by atoms with Gasteiger partial charge in [-0.25, -0.2) is 4.98 Å². The Kier molecular flexibility index (Phi) is 6.70. The average Bonchev–Trinajstić information content (AvgIpc) is 3.31. The molecule has 0 spiro atoms. The molecule has 0 amide bonds. The van der Waals surface area contributed by atoms with Gasteiger partial charge in [0, 0.05) is 17.1 Å². The molecule has 0 unspecified atom stereocenters. The minimum absolute atomic E-state index is 0.458. The lowest BCUT2D eigenvalue weighted by Gasteiger charge is -2.04. The Labute approximate surface area is 181 Å². The quantitative estimate of drug-likeness (QED) is 0.354. The zero-order valence-corrected chi connectivity index (χ0v) is 19.8. The minimum atomic E-state index is 0.458. The van der Waals surface area contributed by atoms with Crippen molar-refractivity contribution in [3.8, 4) is 0 Å². The lowest BCUT2D eigenvalue weighted by molar-refractivity contribution is 0.799. The van der Waals surface area contributed by atoms with Crippen LogP contribution in [0.1, 0.15) is 102 Å². The molecule has 2 aromatic heterocycles.